The summed E-state index contributed by atoms with van der Waals surface area (Å²) in [5.74, 6) is 0.222. The smallest absolute Gasteiger partial charge is 0.238 e. The molecule has 24 heavy (non-hydrogen) atoms. The quantitative estimate of drug-likeness (QED) is 0.870. The van der Waals surface area contributed by atoms with Gasteiger partial charge in [-0.3, -0.25) is 9.69 Å². The van der Waals surface area contributed by atoms with E-state index in [0.29, 0.717) is 16.9 Å². The lowest BCUT2D eigenvalue weighted by molar-refractivity contribution is -0.116. The molecule has 2 N–H and O–H groups in total. The van der Waals surface area contributed by atoms with Gasteiger partial charge in [-0.15, -0.1) is 11.8 Å². The number of carbonyl (C=O) groups excluding carboxylic acids is 1. The van der Waals surface area contributed by atoms with E-state index in [9.17, 15) is 15.0 Å². The number of anilines is 1. The third-order valence-corrected chi connectivity index (χ3v) is 5.86. The maximum atomic E-state index is 12.6. The van der Waals surface area contributed by atoms with Crippen LogP contribution in [0.15, 0.2) is 36.4 Å². The molecule has 1 aliphatic rings. The Kier molecular flexibility index (Phi) is 4.51. The van der Waals surface area contributed by atoms with Crippen molar-refractivity contribution >= 4 is 35.0 Å². The molecule has 2 aromatic carbocycles. The fourth-order valence-corrected chi connectivity index (χ4v) is 4.45. The molecule has 0 radical (unpaired) electrons. The summed E-state index contributed by atoms with van der Waals surface area (Å²) in [5.41, 5.74) is 2.94. The van der Waals surface area contributed by atoms with Crippen LogP contribution in [0, 0.1) is 6.92 Å². The maximum Gasteiger partial charge on any atom is 0.238 e. The van der Waals surface area contributed by atoms with Gasteiger partial charge in [0.25, 0.3) is 0 Å². The molecule has 1 heterocycles. The third kappa shape index (κ3) is 2.77. The Morgan fingerprint density at radius 1 is 1.33 bits per heavy atom. The Balaban J connectivity index is 2.18. The standard InChI is InChI=1S/C18H18ClNO3S/c1-11-4-3-5-13(6-11)20-16(22)10-24-18(20,2)14-7-12(9-21)8-15(19)17(14)23/h3-8,21,23H,9-10H2,1-2H3. The van der Waals surface area contributed by atoms with Gasteiger partial charge in [-0.05, 0) is 49.2 Å². The molecule has 3 rings (SSSR count). The number of hydrogen-bond donors (Lipinski definition) is 2. The van der Waals surface area contributed by atoms with Gasteiger partial charge in [0.15, 0.2) is 0 Å². The summed E-state index contributed by atoms with van der Waals surface area (Å²) in [6.07, 6.45) is 0. The molecular formula is C18H18ClNO3S. The van der Waals surface area contributed by atoms with Crippen LogP contribution >= 0.6 is 23.4 Å². The van der Waals surface area contributed by atoms with Gasteiger partial charge in [-0.1, -0.05) is 23.7 Å². The van der Waals surface area contributed by atoms with E-state index in [2.05, 4.69) is 0 Å². The summed E-state index contributed by atoms with van der Waals surface area (Å²) in [6, 6.07) is 10.9. The van der Waals surface area contributed by atoms with Gasteiger partial charge in [0.05, 0.1) is 17.4 Å². The molecular weight excluding hydrogens is 346 g/mol. The first-order valence-electron chi connectivity index (χ1n) is 7.53. The van der Waals surface area contributed by atoms with Crippen LogP contribution < -0.4 is 4.90 Å². The van der Waals surface area contributed by atoms with Crippen LogP contribution in [0.1, 0.15) is 23.6 Å². The average molecular weight is 364 g/mol. The van der Waals surface area contributed by atoms with Gasteiger partial charge in [-0.25, -0.2) is 0 Å². The Bertz CT molecular complexity index is 811. The lowest BCUT2D eigenvalue weighted by Crippen LogP contribution is -2.40. The molecule has 6 heteroatoms. The third-order valence-electron chi connectivity index (χ3n) is 4.22. The second-order valence-corrected chi connectivity index (χ2v) is 7.75. The molecule has 0 aliphatic carbocycles. The first kappa shape index (κ1) is 17.1. The summed E-state index contributed by atoms with van der Waals surface area (Å²) < 4.78 is 0. The second-order valence-electron chi connectivity index (χ2n) is 5.97. The fraction of sp³-hybridized carbons (Fsp3) is 0.278. The molecule has 0 bridgehead atoms. The molecule has 1 saturated heterocycles. The number of phenolic OH excluding ortho intramolecular Hbond substituents is 1. The Morgan fingerprint density at radius 2 is 2.08 bits per heavy atom. The summed E-state index contributed by atoms with van der Waals surface area (Å²) in [5, 5.41) is 20.1. The van der Waals surface area contributed by atoms with Crippen LogP contribution in [-0.4, -0.2) is 21.9 Å². The van der Waals surface area contributed by atoms with E-state index in [1.54, 1.807) is 11.0 Å². The van der Waals surface area contributed by atoms with Crippen LogP contribution in [-0.2, 0) is 16.3 Å². The number of phenols is 1. The highest BCUT2D eigenvalue weighted by molar-refractivity contribution is 8.01. The van der Waals surface area contributed by atoms with E-state index in [1.807, 2.05) is 38.1 Å². The lowest BCUT2D eigenvalue weighted by Gasteiger charge is -2.35. The van der Waals surface area contributed by atoms with Crippen LogP contribution in [0.5, 0.6) is 5.75 Å². The van der Waals surface area contributed by atoms with Crippen LogP contribution in [0.3, 0.4) is 0 Å². The summed E-state index contributed by atoms with van der Waals surface area (Å²) in [6.45, 7) is 3.67. The minimum Gasteiger partial charge on any atom is -0.506 e. The van der Waals surface area contributed by atoms with Crippen molar-refractivity contribution in [2.75, 3.05) is 10.7 Å². The van der Waals surface area contributed by atoms with Crippen molar-refractivity contribution in [1.82, 2.24) is 0 Å². The first-order chi connectivity index (χ1) is 11.4. The molecule has 0 aromatic heterocycles. The van der Waals surface area contributed by atoms with Crippen LogP contribution in [0.25, 0.3) is 0 Å². The first-order valence-corrected chi connectivity index (χ1v) is 8.89. The molecule has 1 amide bonds. The van der Waals surface area contributed by atoms with Gasteiger partial charge >= 0.3 is 0 Å². The fourth-order valence-electron chi connectivity index (χ4n) is 3.03. The molecule has 1 fully saturated rings. The van der Waals surface area contributed by atoms with E-state index >= 15 is 0 Å². The molecule has 2 aromatic rings. The SMILES string of the molecule is Cc1cccc(N2C(=O)CSC2(C)c2cc(CO)cc(Cl)c2O)c1. The maximum absolute atomic E-state index is 12.6. The van der Waals surface area contributed by atoms with E-state index in [0.717, 1.165) is 11.3 Å². The molecule has 0 saturated carbocycles. The number of benzene rings is 2. The monoisotopic (exact) mass is 363 g/mol. The molecule has 0 spiro atoms. The highest BCUT2D eigenvalue weighted by Crippen LogP contribution is 2.51. The number of aryl methyl sites for hydroxylation is 1. The van der Waals surface area contributed by atoms with Crippen molar-refractivity contribution in [2.24, 2.45) is 0 Å². The number of amides is 1. The highest BCUT2D eigenvalue weighted by atomic mass is 35.5. The Labute approximate surface area is 150 Å². The predicted molar refractivity (Wildman–Crippen MR) is 97.5 cm³/mol. The van der Waals surface area contributed by atoms with Crippen molar-refractivity contribution in [2.45, 2.75) is 25.3 Å². The number of hydrogen-bond acceptors (Lipinski definition) is 4. The predicted octanol–water partition coefficient (Wildman–Crippen LogP) is 3.80. The van der Waals surface area contributed by atoms with E-state index < -0.39 is 4.87 Å². The van der Waals surface area contributed by atoms with Gasteiger partial charge in [0, 0.05) is 11.3 Å². The van der Waals surface area contributed by atoms with Crippen LogP contribution in [0.4, 0.5) is 5.69 Å². The normalized spacial score (nSPS) is 20.7. The number of aliphatic hydroxyl groups is 1. The van der Waals surface area contributed by atoms with E-state index in [1.165, 1.54) is 17.8 Å². The van der Waals surface area contributed by atoms with Crippen LogP contribution in [0.2, 0.25) is 5.02 Å². The van der Waals surface area contributed by atoms with E-state index in [4.69, 9.17) is 11.6 Å². The topological polar surface area (TPSA) is 60.8 Å². The van der Waals surface area contributed by atoms with Crippen molar-refractivity contribution in [3.63, 3.8) is 0 Å². The number of thioether (sulfide) groups is 1. The number of halogens is 1. The molecule has 126 valence electrons. The van der Waals surface area contributed by atoms with Crippen molar-refractivity contribution in [3.05, 3.63) is 58.1 Å². The Morgan fingerprint density at radius 3 is 2.75 bits per heavy atom. The number of rotatable bonds is 3. The van der Waals surface area contributed by atoms with Crippen molar-refractivity contribution in [1.29, 1.82) is 0 Å². The largest absolute Gasteiger partial charge is 0.506 e. The zero-order valence-corrected chi connectivity index (χ0v) is 15.0. The highest BCUT2D eigenvalue weighted by Gasteiger charge is 2.46. The lowest BCUT2D eigenvalue weighted by atomic mass is 10.0. The van der Waals surface area contributed by atoms with Gasteiger partial charge in [0.1, 0.15) is 10.6 Å². The van der Waals surface area contributed by atoms with Gasteiger partial charge in [-0.2, -0.15) is 0 Å². The van der Waals surface area contributed by atoms with Gasteiger partial charge in [0.2, 0.25) is 5.91 Å². The summed E-state index contributed by atoms with van der Waals surface area (Å²) in [7, 11) is 0. The minimum atomic E-state index is -0.802. The van der Waals surface area contributed by atoms with Crippen molar-refractivity contribution in [3.8, 4) is 5.75 Å². The second kappa shape index (κ2) is 6.31. The van der Waals surface area contributed by atoms with E-state index in [-0.39, 0.29) is 23.3 Å². The van der Waals surface area contributed by atoms with Gasteiger partial charge < -0.3 is 10.2 Å². The average Bonchev–Trinajstić information content (AvgIpc) is 2.85. The minimum absolute atomic E-state index is 0.0296. The molecule has 1 atom stereocenters. The summed E-state index contributed by atoms with van der Waals surface area (Å²) >= 11 is 7.55. The number of nitrogens with zero attached hydrogens (tertiary/aromatic N) is 1. The molecule has 1 unspecified atom stereocenters. The number of carbonyl (C=O) groups is 1. The zero-order valence-electron chi connectivity index (χ0n) is 13.4. The Hall–Kier alpha value is -1.69. The summed E-state index contributed by atoms with van der Waals surface area (Å²) in [4.78, 5) is 13.5. The zero-order chi connectivity index (χ0) is 17.5. The molecule has 4 nitrogen and oxygen atoms in total. The number of aromatic hydroxyl groups is 1. The number of aliphatic hydroxyl groups excluding tert-OH is 1. The molecule has 1 aliphatic heterocycles. The van der Waals surface area contributed by atoms with Crippen molar-refractivity contribution < 1.29 is 15.0 Å².